The van der Waals surface area contributed by atoms with Crippen molar-refractivity contribution in [3.05, 3.63) is 105 Å². The zero-order chi connectivity index (χ0) is 43.9. The number of aromatic nitrogens is 2. The topological polar surface area (TPSA) is 152 Å². The molecule has 2 aromatic heterocycles. The van der Waals surface area contributed by atoms with Crippen LogP contribution in [0.25, 0.3) is 22.0 Å². The number of rotatable bonds is 25. The molecule has 0 aliphatic rings. The molecular formula is C47H60FN3O10. The second kappa shape index (κ2) is 22.7. The van der Waals surface area contributed by atoms with Crippen LogP contribution in [0.5, 0.6) is 17.2 Å². The van der Waals surface area contributed by atoms with Gasteiger partial charge in [0.15, 0.2) is 0 Å². The third-order valence-electron chi connectivity index (χ3n) is 9.76. The number of aliphatic hydroxyl groups is 1. The van der Waals surface area contributed by atoms with Crippen LogP contribution in [-0.4, -0.2) is 93.2 Å². The molecule has 0 bridgehead atoms. The third-order valence-corrected chi connectivity index (χ3v) is 9.76. The number of carbonyl (C=O) groups excluding carboxylic acids is 1. The fourth-order valence-electron chi connectivity index (χ4n) is 6.40. The minimum Gasteiger partial charge on any atom is -0.491 e. The average Bonchev–Trinajstić information content (AvgIpc) is 3.67. The Morgan fingerprint density at radius 1 is 0.787 bits per heavy atom. The first-order valence-electron chi connectivity index (χ1n) is 20.7. The fraction of sp³-hybridized carbons (Fsp3) is 0.447. The number of hydrogen-bond donors (Lipinski definition) is 3. The highest BCUT2D eigenvalue weighted by Crippen LogP contribution is 2.41. The van der Waals surface area contributed by atoms with Gasteiger partial charge in [-0.25, -0.2) is 4.39 Å². The van der Waals surface area contributed by atoms with Crippen LogP contribution in [0.15, 0.2) is 71.7 Å². The molecule has 3 aromatic carbocycles. The third kappa shape index (κ3) is 14.0. The van der Waals surface area contributed by atoms with E-state index in [2.05, 4.69) is 24.1 Å². The van der Waals surface area contributed by atoms with E-state index in [0.29, 0.717) is 128 Å². The number of hydrogen-bond acceptors (Lipinski definition) is 10. The van der Waals surface area contributed by atoms with Gasteiger partial charge < -0.3 is 53.1 Å². The lowest BCUT2D eigenvalue weighted by Gasteiger charge is -2.22. The molecule has 0 saturated heterocycles. The standard InChI is InChI=1S/C47H60FN3O10/c1-31(2)14-15-55-16-17-56-18-19-57-20-21-58-22-23-59-24-25-60-37-11-9-36(10-12-37)49-45(52)41-29-39-40(30-51(7)46(53)43(39)50-41)38-28-34(47(5,6)54)8-13-42(38)61-44-32(3)26-35(48)27-33(44)4/h8-13,26-31,50,54H,14-25H2,1-7H3,(H,49,52). The van der Waals surface area contributed by atoms with Gasteiger partial charge in [0.2, 0.25) is 0 Å². The first-order chi connectivity index (χ1) is 29.2. The summed E-state index contributed by atoms with van der Waals surface area (Å²) in [5.41, 5.74) is 2.35. The van der Waals surface area contributed by atoms with E-state index in [9.17, 15) is 19.1 Å². The molecule has 0 saturated carbocycles. The first-order valence-corrected chi connectivity index (χ1v) is 20.7. The zero-order valence-corrected chi connectivity index (χ0v) is 36.4. The van der Waals surface area contributed by atoms with Gasteiger partial charge >= 0.3 is 0 Å². The minimum absolute atomic E-state index is 0.166. The predicted molar refractivity (Wildman–Crippen MR) is 234 cm³/mol. The van der Waals surface area contributed by atoms with Gasteiger partial charge in [0.1, 0.15) is 40.9 Å². The molecule has 1 amide bonds. The Labute approximate surface area is 357 Å². The van der Waals surface area contributed by atoms with E-state index in [1.165, 1.54) is 16.7 Å². The van der Waals surface area contributed by atoms with Crippen molar-refractivity contribution in [3.8, 4) is 28.4 Å². The van der Waals surface area contributed by atoms with Crippen LogP contribution in [0, 0.1) is 25.6 Å². The van der Waals surface area contributed by atoms with E-state index in [0.717, 1.165) is 13.0 Å². The molecule has 0 atom stereocenters. The Kier molecular flexibility index (Phi) is 17.5. The number of nitrogens with one attached hydrogen (secondary N) is 2. The number of H-pyrrole nitrogens is 1. The molecule has 5 rings (SSSR count). The Balaban J connectivity index is 1.11. The van der Waals surface area contributed by atoms with Crippen molar-refractivity contribution in [2.24, 2.45) is 13.0 Å². The average molecular weight is 846 g/mol. The van der Waals surface area contributed by atoms with E-state index < -0.39 is 11.5 Å². The number of nitrogens with zero attached hydrogens (tertiary/aromatic N) is 1. The highest BCUT2D eigenvalue weighted by molar-refractivity contribution is 6.08. The van der Waals surface area contributed by atoms with Crippen molar-refractivity contribution in [2.75, 3.05) is 78.0 Å². The van der Waals surface area contributed by atoms with Crippen LogP contribution >= 0.6 is 0 Å². The molecule has 5 aromatic rings. The molecule has 61 heavy (non-hydrogen) atoms. The number of carbonyl (C=O) groups is 1. The molecule has 0 spiro atoms. The number of benzene rings is 3. The maximum atomic E-state index is 14.2. The molecule has 0 aliphatic heterocycles. The van der Waals surface area contributed by atoms with Crippen LogP contribution in [-0.2, 0) is 36.3 Å². The molecule has 2 heterocycles. The van der Waals surface area contributed by atoms with Crippen molar-refractivity contribution in [2.45, 2.75) is 53.6 Å². The summed E-state index contributed by atoms with van der Waals surface area (Å²) in [6.07, 6.45) is 2.72. The number of ether oxygens (including phenoxy) is 7. The van der Waals surface area contributed by atoms with Crippen LogP contribution in [0.4, 0.5) is 10.1 Å². The monoisotopic (exact) mass is 845 g/mol. The van der Waals surface area contributed by atoms with Crippen molar-refractivity contribution >= 4 is 22.5 Å². The van der Waals surface area contributed by atoms with Gasteiger partial charge in [0.25, 0.3) is 11.5 Å². The van der Waals surface area contributed by atoms with Crippen molar-refractivity contribution in [1.29, 1.82) is 0 Å². The smallest absolute Gasteiger partial charge is 0.274 e. The summed E-state index contributed by atoms with van der Waals surface area (Å²) >= 11 is 0. The molecule has 3 N–H and O–H groups in total. The SMILES string of the molecule is Cc1cc(F)cc(C)c1Oc1ccc(C(C)(C)O)cc1-c1cn(C)c(=O)c2[nH]c(C(=O)Nc3ccc(OCCOCCOCCOCCOCCOCCC(C)C)cc3)cc12. The van der Waals surface area contributed by atoms with E-state index >= 15 is 0 Å². The Bertz CT molecular complexity index is 2220. The van der Waals surface area contributed by atoms with Crippen LogP contribution < -0.4 is 20.3 Å². The van der Waals surface area contributed by atoms with Gasteiger partial charge in [-0.3, -0.25) is 9.59 Å². The van der Waals surface area contributed by atoms with Crippen LogP contribution in [0.1, 0.15) is 61.3 Å². The molecule has 14 heteroatoms. The van der Waals surface area contributed by atoms with Crippen LogP contribution in [0.2, 0.25) is 0 Å². The predicted octanol–water partition coefficient (Wildman–Crippen LogP) is 8.07. The number of fused-ring (bicyclic) bond motifs is 1. The normalized spacial score (nSPS) is 11.8. The molecular weight excluding hydrogens is 786 g/mol. The summed E-state index contributed by atoms with van der Waals surface area (Å²) in [6, 6.07) is 16.6. The summed E-state index contributed by atoms with van der Waals surface area (Å²) in [5.74, 6) is 1.33. The van der Waals surface area contributed by atoms with Crippen molar-refractivity contribution < 1.29 is 47.4 Å². The van der Waals surface area contributed by atoms with Gasteiger partial charge in [0, 0.05) is 42.1 Å². The number of amides is 1. The lowest BCUT2D eigenvalue weighted by molar-refractivity contribution is -0.0131. The van der Waals surface area contributed by atoms with E-state index in [1.807, 2.05) is 0 Å². The lowest BCUT2D eigenvalue weighted by atomic mass is 9.93. The summed E-state index contributed by atoms with van der Waals surface area (Å²) in [4.78, 5) is 30.0. The Morgan fingerprint density at radius 3 is 1.90 bits per heavy atom. The summed E-state index contributed by atoms with van der Waals surface area (Å²) in [5, 5.41) is 14.3. The summed E-state index contributed by atoms with van der Waals surface area (Å²) < 4.78 is 55.5. The number of pyridine rings is 1. The van der Waals surface area contributed by atoms with Gasteiger partial charge in [-0.15, -0.1) is 0 Å². The minimum atomic E-state index is -1.20. The zero-order valence-electron chi connectivity index (χ0n) is 36.4. The largest absolute Gasteiger partial charge is 0.491 e. The number of aryl methyl sites for hydroxylation is 3. The van der Waals surface area contributed by atoms with E-state index in [1.54, 1.807) is 89.5 Å². The van der Waals surface area contributed by atoms with E-state index in [4.69, 9.17) is 33.2 Å². The maximum absolute atomic E-state index is 14.2. The fourth-order valence-corrected chi connectivity index (χ4v) is 6.40. The second-order valence-corrected chi connectivity index (χ2v) is 15.7. The van der Waals surface area contributed by atoms with Gasteiger partial charge in [-0.05, 0) is 111 Å². The molecule has 0 fully saturated rings. The molecule has 330 valence electrons. The molecule has 0 aliphatic carbocycles. The second-order valence-electron chi connectivity index (χ2n) is 15.7. The Hall–Kier alpha value is -5.09. The van der Waals surface area contributed by atoms with Gasteiger partial charge in [-0.1, -0.05) is 19.9 Å². The quantitative estimate of drug-likeness (QED) is 0.0492. The van der Waals surface area contributed by atoms with Gasteiger partial charge in [0.05, 0.1) is 65.1 Å². The first kappa shape index (κ1) is 47.0. The van der Waals surface area contributed by atoms with Gasteiger partial charge in [-0.2, -0.15) is 0 Å². The summed E-state index contributed by atoms with van der Waals surface area (Å²) in [7, 11) is 1.62. The van der Waals surface area contributed by atoms with Crippen LogP contribution in [0.3, 0.4) is 0 Å². The molecule has 13 nitrogen and oxygen atoms in total. The number of halogens is 1. The summed E-state index contributed by atoms with van der Waals surface area (Å²) in [6.45, 7) is 16.7. The number of anilines is 1. The Morgan fingerprint density at radius 2 is 1.34 bits per heavy atom. The highest BCUT2D eigenvalue weighted by atomic mass is 19.1. The lowest BCUT2D eigenvalue weighted by Crippen LogP contribution is -2.18. The number of aromatic amines is 1. The maximum Gasteiger partial charge on any atom is 0.274 e. The molecule has 0 radical (unpaired) electrons. The highest BCUT2D eigenvalue weighted by Gasteiger charge is 2.23. The molecule has 0 unspecified atom stereocenters. The van der Waals surface area contributed by atoms with Crippen molar-refractivity contribution in [1.82, 2.24) is 9.55 Å². The van der Waals surface area contributed by atoms with Crippen molar-refractivity contribution in [3.63, 3.8) is 0 Å². The van der Waals surface area contributed by atoms with E-state index in [-0.39, 0.29) is 22.6 Å².